The molecule has 7 heteroatoms. The number of para-hydroxylation sites is 2. The van der Waals surface area contributed by atoms with Crippen LogP contribution in [0.5, 0.6) is 0 Å². The third kappa shape index (κ3) is 3.86. The number of aromatic nitrogens is 2. The first-order valence-corrected chi connectivity index (χ1v) is 6.71. The van der Waals surface area contributed by atoms with Crippen LogP contribution in [-0.2, 0) is 11.3 Å². The fourth-order valence-electron chi connectivity index (χ4n) is 2.04. The Morgan fingerprint density at radius 2 is 2.05 bits per heavy atom. The predicted molar refractivity (Wildman–Crippen MR) is 85.6 cm³/mol. The number of fused-ring (bicyclic) bond motifs is 1. The number of benzene rings is 1. The van der Waals surface area contributed by atoms with Crippen LogP contribution in [0.2, 0.25) is 0 Å². The number of H-pyrrole nitrogens is 1. The molecule has 1 heterocycles. The fourth-order valence-corrected chi connectivity index (χ4v) is 2.04. The largest absolute Gasteiger partial charge is 0.353 e. The first kappa shape index (κ1) is 17.3. The average molecular weight is 313 g/mol. The van der Waals surface area contributed by atoms with E-state index in [1.165, 1.54) is 0 Å². The molecule has 0 aliphatic heterocycles. The quantitative estimate of drug-likeness (QED) is 0.764. The van der Waals surface area contributed by atoms with E-state index in [1.807, 2.05) is 38.1 Å². The Morgan fingerprint density at radius 3 is 2.71 bits per heavy atom. The van der Waals surface area contributed by atoms with Crippen molar-refractivity contribution in [2.45, 2.75) is 26.4 Å². The molecule has 2 rings (SSSR count). The Kier molecular flexibility index (Phi) is 5.99. The van der Waals surface area contributed by atoms with Crippen LogP contribution in [-0.4, -0.2) is 28.0 Å². The summed E-state index contributed by atoms with van der Waals surface area (Å²) in [6.07, 6.45) is 0. The van der Waals surface area contributed by atoms with Crippen LogP contribution in [0, 0.1) is 5.92 Å². The van der Waals surface area contributed by atoms with Crippen LogP contribution in [0.15, 0.2) is 29.1 Å². The second-order valence-corrected chi connectivity index (χ2v) is 5.16. The highest BCUT2D eigenvalue weighted by molar-refractivity contribution is 5.85. The Balaban J connectivity index is 0.00000220. The van der Waals surface area contributed by atoms with Gasteiger partial charge in [0.2, 0.25) is 5.91 Å². The van der Waals surface area contributed by atoms with E-state index in [9.17, 15) is 9.59 Å². The number of rotatable bonds is 5. The smallest absolute Gasteiger partial charge is 0.326 e. The Bertz CT molecular complexity index is 662. The minimum Gasteiger partial charge on any atom is -0.353 e. The van der Waals surface area contributed by atoms with E-state index in [-0.39, 0.29) is 29.9 Å². The maximum atomic E-state index is 11.8. The van der Waals surface area contributed by atoms with Gasteiger partial charge in [0.25, 0.3) is 0 Å². The number of hydrogen-bond donors (Lipinski definition) is 3. The van der Waals surface area contributed by atoms with Crippen molar-refractivity contribution in [3.05, 3.63) is 34.7 Å². The van der Waals surface area contributed by atoms with Crippen LogP contribution in [0.3, 0.4) is 0 Å². The van der Waals surface area contributed by atoms with Gasteiger partial charge in [0.15, 0.2) is 0 Å². The van der Waals surface area contributed by atoms with E-state index in [0.717, 1.165) is 11.0 Å². The van der Waals surface area contributed by atoms with E-state index in [1.54, 1.807) is 4.57 Å². The molecule has 0 spiro atoms. The lowest BCUT2D eigenvalue weighted by Crippen LogP contribution is -2.45. The molecule has 2 aromatic rings. The zero-order valence-corrected chi connectivity index (χ0v) is 12.9. The maximum absolute atomic E-state index is 11.8. The van der Waals surface area contributed by atoms with Crippen molar-refractivity contribution in [1.82, 2.24) is 14.9 Å². The molecule has 0 fully saturated rings. The molecule has 0 bridgehead atoms. The summed E-state index contributed by atoms with van der Waals surface area (Å²) in [5.41, 5.74) is 7.21. The molecule has 6 nitrogen and oxygen atoms in total. The van der Waals surface area contributed by atoms with E-state index in [4.69, 9.17) is 5.73 Å². The van der Waals surface area contributed by atoms with Crippen molar-refractivity contribution in [2.24, 2.45) is 11.7 Å². The number of carbonyl (C=O) groups is 1. The first-order valence-electron chi connectivity index (χ1n) is 6.71. The molecule has 0 aliphatic rings. The van der Waals surface area contributed by atoms with Crippen molar-refractivity contribution in [3.63, 3.8) is 0 Å². The summed E-state index contributed by atoms with van der Waals surface area (Å²) < 4.78 is 1.61. The van der Waals surface area contributed by atoms with Crippen LogP contribution in [0.25, 0.3) is 11.0 Å². The summed E-state index contributed by atoms with van der Waals surface area (Å²) in [5, 5.41) is 2.76. The molecule has 1 amide bonds. The molecule has 1 aromatic carbocycles. The number of nitrogens with two attached hydrogens (primary N) is 1. The maximum Gasteiger partial charge on any atom is 0.326 e. The summed E-state index contributed by atoms with van der Waals surface area (Å²) in [4.78, 5) is 26.3. The highest BCUT2D eigenvalue weighted by Crippen LogP contribution is 2.08. The van der Waals surface area contributed by atoms with Crippen molar-refractivity contribution in [1.29, 1.82) is 0 Å². The van der Waals surface area contributed by atoms with Gasteiger partial charge in [0, 0.05) is 13.1 Å². The Hall–Kier alpha value is -1.79. The molecule has 0 saturated carbocycles. The number of amides is 1. The lowest BCUT2D eigenvalue weighted by Gasteiger charge is -2.15. The third-order valence-corrected chi connectivity index (χ3v) is 3.34. The monoisotopic (exact) mass is 312 g/mol. The summed E-state index contributed by atoms with van der Waals surface area (Å²) in [6, 6.07) is 6.94. The van der Waals surface area contributed by atoms with Gasteiger partial charge in [-0.25, -0.2) is 4.79 Å². The molecule has 0 aliphatic carbocycles. The highest BCUT2D eigenvalue weighted by atomic mass is 35.5. The van der Waals surface area contributed by atoms with E-state index < -0.39 is 6.04 Å². The SMILES string of the molecule is CC(C)[C@H](N)C(=O)NCCn1c(=O)[nH]c2ccccc21.Cl. The molecular weight excluding hydrogens is 292 g/mol. The molecule has 1 atom stereocenters. The lowest BCUT2D eigenvalue weighted by molar-refractivity contribution is -0.123. The number of nitrogens with zero attached hydrogens (tertiary/aromatic N) is 1. The Labute approximate surface area is 129 Å². The molecule has 116 valence electrons. The molecule has 4 N–H and O–H groups in total. The number of aromatic amines is 1. The van der Waals surface area contributed by atoms with Gasteiger partial charge < -0.3 is 16.0 Å². The predicted octanol–water partition coefficient (Wildman–Crippen LogP) is 0.851. The summed E-state index contributed by atoms with van der Waals surface area (Å²) in [5.74, 6) is -0.0984. The zero-order valence-electron chi connectivity index (χ0n) is 12.1. The number of halogens is 1. The average Bonchev–Trinajstić information content (AvgIpc) is 2.74. The van der Waals surface area contributed by atoms with Gasteiger partial charge in [-0.2, -0.15) is 0 Å². The molecule has 1 aromatic heterocycles. The van der Waals surface area contributed by atoms with Crippen molar-refractivity contribution in [3.8, 4) is 0 Å². The number of hydrogen-bond acceptors (Lipinski definition) is 3. The van der Waals surface area contributed by atoms with Crippen LogP contribution in [0.1, 0.15) is 13.8 Å². The van der Waals surface area contributed by atoms with Gasteiger partial charge in [-0.1, -0.05) is 26.0 Å². The third-order valence-electron chi connectivity index (χ3n) is 3.34. The fraction of sp³-hybridized carbons (Fsp3) is 0.429. The number of nitrogens with one attached hydrogen (secondary N) is 2. The molecule has 0 unspecified atom stereocenters. The zero-order chi connectivity index (χ0) is 14.7. The molecule has 0 radical (unpaired) electrons. The standard InChI is InChI=1S/C14H20N4O2.ClH/c1-9(2)12(15)13(19)16-7-8-18-11-6-4-3-5-10(11)17-14(18)20;/h3-6,9,12H,7-8,15H2,1-2H3,(H,16,19)(H,17,20);1H/t12-;/m0./s1. The minimum absolute atomic E-state index is 0. The van der Waals surface area contributed by atoms with Crippen LogP contribution in [0.4, 0.5) is 0 Å². The van der Waals surface area contributed by atoms with Gasteiger partial charge in [0.1, 0.15) is 0 Å². The lowest BCUT2D eigenvalue weighted by atomic mass is 10.1. The van der Waals surface area contributed by atoms with Gasteiger partial charge >= 0.3 is 5.69 Å². The van der Waals surface area contributed by atoms with Crippen molar-refractivity contribution in [2.75, 3.05) is 6.54 Å². The van der Waals surface area contributed by atoms with Crippen molar-refractivity contribution >= 4 is 29.3 Å². The topological polar surface area (TPSA) is 92.9 Å². The second kappa shape index (κ2) is 7.28. The van der Waals surface area contributed by atoms with E-state index in [2.05, 4.69) is 10.3 Å². The second-order valence-electron chi connectivity index (χ2n) is 5.16. The van der Waals surface area contributed by atoms with Gasteiger partial charge in [-0.3, -0.25) is 9.36 Å². The Morgan fingerprint density at radius 1 is 1.38 bits per heavy atom. The van der Waals surface area contributed by atoms with E-state index in [0.29, 0.717) is 13.1 Å². The van der Waals surface area contributed by atoms with Gasteiger partial charge in [-0.15, -0.1) is 12.4 Å². The molecule has 21 heavy (non-hydrogen) atoms. The van der Waals surface area contributed by atoms with Crippen LogP contribution >= 0.6 is 12.4 Å². The molecule has 0 saturated heterocycles. The highest BCUT2D eigenvalue weighted by Gasteiger charge is 2.16. The molecular formula is C14H21ClN4O2. The number of carbonyl (C=O) groups excluding carboxylic acids is 1. The summed E-state index contributed by atoms with van der Waals surface area (Å²) >= 11 is 0. The summed E-state index contributed by atoms with van der Waals surface area (Å²) in [6.45, 7) is 4.59. The van der Waals surface area contributed by atoms with Gasteiger partial charge in [-0.05, 0) is 18.1 Å². The van der Waals surface area contributed by atoms with Gasteiger partial charge in [0.05, 0.1) is 17.1 Å². The van der Waals surface area contributed by atoms with Crippen molar-refractivity contribution < 1.29 is 4.79 Å². The van der Waals surface area contributed by atoms with E-state index >= 15 is 0 Å². The summed E-state index contributed by atoms with van der Waals surface area (Å²) in [7, 11) is 0. The number of imidazole rings is 1. The normalized spacial score (nSPS) is 12.2. The van der Waals surface area contributed by atoms with Crippen LogP contribution < -0.4 is 16.7 Å². The first-order chi connectivity index (χ1) is 9.50. The minimum atomic E-state index is -0.519.